The van der Waals surface area contributed by atoms with Gasteiger partial charge in [0.2, 0.25) is 9.84 Å². The summed E-state index contributed by atoms with van der Waals surface area (Å²) >= 11 is 2.20. The highest BCUT2D eigenvalue weighted by molar-refractivity contribution is 14.1. The summed E-state index contributed by atoms with van der Waals surface area (Å²) in [6.45, 7) is 1.64. The Kier molecular flexibility index (Phi) is 5.66. The molecular weight excluding hydrogens is 553 g/mol. The average Bonchev–Trinajstić information content (AvgIpc) is 3.40. The van der Waals surface area contributed by atoms with E-state index >= 15 is 0 Å². The number of nitrogens with one attached hydrogen (secondary N) is 1. The number of aliphatic hydroxyl groups is 1. The van der Waals surface area contributed by atoms with Crippen molar-refractivity contribution < 1.29 is 13.5 Å². The molecule has 0 amide bonds. The normalized spacial score (nSPS) is 20.2. The fraction of sp³-hybridized carbons (Fsp3) is 0.348. The Morgan fingerprint density at radius 1 is 1.21 bits per heavy atom. The molecule has 10 heteroatoms. The van der Waals surface area contributed by atoms with Crippen molar-refractivity contribution in [3.63, 3.8) is 0 Å². The van der Waals surface area contributed by atoms with Gasteiger partial charge >= 0.3 is 0 Å². The third-order valence-corrected chi connectivity index (χ3v) is 8.87. The number of aliphatic hydroxyl groups excluding tert-OH is 1. The van der Waals surface area contributed by atoms with Crippen LogP contribution in [0.4, 0.5) is 0 Å². The van der Waals surface area contributed by atoms with Gasteiger partial charge < -0.3 is 14.7 Å². The summed E-state index contributed by atoms with van der Waals surface area (Å²) in [6, 6.07) is 10.6. The van der Waals surface area contributed by atoms with Gasteiger partial charge in [0.15, 0.2) is 5.03 Å². The summed E-state index contributed by atoms with van der Waals surface area (Å²) in [7, 11) is -3.95. The van der Waals surface area contributed by atoms with Crippen LogP contribution in [0.3, 0.4) is 0 Å². The van der Waals surface area contributed by atoms with Crippen LogP contribution < -0.4 is 0 Å². The second kappa shape index (κ2) is 8.38. The third kappa shape index (κ3) is 3.62. The Hall–Kier alpha value is -2.49. The predicted octanol–water partition coefficient (Wildman–Crippen LogP) is 4.66. The van der Waals surface area contributed by atoms with Gasteiger partial charge in [-0.15, -0.1) is 0 Å². The largest absolute Gasteiger partial charge is 0.385 e. The minimum atomic E-state index is -3.95. The summed E-state index contributed by atoms with van der Waals surface area (Å²) in [6.07, 6.45) is 3.93. The van der Waals surface area contributed by atoms with E-state index in [1.165, 1.54) is 0 Å². The smallest absolute Gasteiger partial charge is 0.226 e. The van der Waals surface area contributed by atoms with Crippen molar-refractivity contribution in [2.75, 3.05) is 0 Å². The highest BCUT2D eigenvalue weighted by Crippen LogP contribution is 2.41. The van der Waals surface area contributed by atoms with Gasteiger partial charge in [0.25, 0.3) is 0 Å². The van der Waals surface area contributed by atoms with E-state index in [0.29, 0.717) is 17.0 Å². The van der Waals surface area contributed by atoms with Crippen molar-refractivity contribution in [1.29, 1.82) is 5.26 Å². The summed E-state index contributed by atoms with van der Waals surface area (Å²) in [5, 5.41) is 20.6. The second-order valence-corrected chi connectivity index (χ2v) is 11.5. The number of rotatable bonds is 4. The number of nitrogens with zero attached hydrogens (tertiary/aromatic N) is 4. The van der Waals surface area contributed by atoms with Crippen molar-refractivity contribution in [2.45, 2.75) is 54.7 Å². The second-order valence-electron chi connectivity index (χ2n) is 8.44. The first-order valence-corrected chi connectivity index (χ1v) is 13.3. The molecule has 3 aromatic heterocycles. The van der Waals surface area contributed by atoms with Crippen LogP contribution >= 0.6 is 22.6 Å². The molecule has 1 atom stereocenters. The molecule has 0 radical (unpaired) electrons. The molecule has 0 unspecified atom stereocenters. The molecule has 0 spiro atoms. The Morgan fingerprint density at radius 2 is 1.91 bits per heavy atom. The van der Waals surface area contributed by atoms with E-state index in [0.717, 1.165) is 34.6 Å². The number of aromatic nitrogens is 4. The fourth-order valence-electron chi connectivity index (χ4n) is 4.72. The van der Waals surface area contributed by atoms with E-state index in [1.807, 2.05) is 4.57 Å². The van der Waals surface area contributed by atoms with Crippen LogP contribution in [0, 0.1) is 20.8 Å². The zero-order valence-electron chi connectivity index (χ0n) is 17.9. The molecule has 0 bridgehead atoms. The number of hydrogen-bond donors (Lipinski definition) is 2. The number of nitriles is 1. The summed E-state index contributed by atoms with van der Waals surface area (Å²) in [5.74, 6) is 0.440. The number of imidazole rings is 1. The zero-order chi connectivity index (χ0) is 23.3. The summed E-state index contributed by atoms with van der Waals surface area (Å²) in [5.41, 5.74) is 1.39. The molecule has 0 saturated heterocycles. The number of hydrogen-bond acceptors (Lipinski definition) is 6. The average molecular weight is 575 g/mol. The summed E-state index contributed by atoms with van der Waals surface area (Å²) < 4.78 is 30.1. The number of pyridine rings is 1. The Morgan fingerprint density at radius 3 is 2.55 bits per heavy atom. The van der Waals surface area contributed by atoms with E-state index in [-0.39, 0.29) is 27.4 Å². The standard InChI is InChI=1S/C23H22IN5O3S/c1-13(30)22-27-19-20(29(22)15-9-7-14(11-25)8-10-15)18-17(24)12-26-21(18)28-23(19)33(31,32)16-5-3-2-4-6-16/h2-6,12-15,30H,7-10H2,1H3,(H,26,28)/t13-,14?,15?/m1/s1. The number of aromatic amines is 1. The quantitative estimate of drug-likeness (QED) is 0.341. The van der Waals surface area contributed by atoms with Crippen LogP contribution in [-0.4, -0.2) is 33.0 Å². The van der Waals surface area contributed by atoms with E-state index in [2.05, 4.69) is 43.6 Å². The SMILES string of the molecule is C[C@@H](O)c1nc2c(S(=O)(=O)c3ccccc3)nc3[nH]cc(I)c3c2n1C1CCC(C#N)CC1. The number of benzene rings is 1. The van der Waals surface area contributed by atoms with Crippen molar-refractivity contribution in [3.05, 3.63) is 45.9 Å². The van der Waals surface area contributed by atoms with Gasteiger partial charge in [-0.25, -0.2) is 18.4 Å². The highest BCUT2D eigenvalue weighted by atomic mass is 127. The van der Waals surface area contributed by atoms with Crippen molar-refractivity contribution in [2.24, 2.45) is 5.92 Å². The molecule has 8 nitrogen and oxygen atoms in total. The number of fused-ring (bicyclic) bond motifs is 3. The minimum Gasteiger partial charge on any atom is -0.385 e. The van der Waals surface area contributed by atoms with Gasteiger partial charge in [0.1, 0.15) is 23.1 Å². The lowest BCUT2D eigenvalue weighted by atomic mass is 9.86. The molecule has 1 saturated carbocycles. The monoisotopic (exact) mass is 575 g/mol. The first-order valence-electron chi connectivity index (χ1n) is 10.8. The molecule has 170 valence electrons. The van der Waals surface area contributed by atoms with E-state index in [4.69, 9.17) is 0 Å². The Bertz CT molecular complexity index is 1490. The lowest BCUT2D eigenvalue weighted by Gasteiger charge is -2.28. The third-order valence-electron chi connectivity index (χ3n) is 6.33. The van der Waals surface area contributed by atoms with Crippen molar-refractivity contribution in [3.8, 4) is 6.07 Å². The first-order chi connectivity index (χ1) is 15.8. The first kappa shape index (κ1) is 22.3. The fourth-order valence-corrected chi connectivity index (χ4v) is 6.73. The molecule has 1 fully saturated rings. The number of halogens is 1. The van der Waals surface area contributed by atoms with Gasteiger partial charge in [-0.2, -0.15) is 5.26 Å². The van der Waals surface area contributed by atoms with Crippen molar-refractivity contribution in [1.82, 2.24) is 19.5 Å². The molecule has 33 heavy (non-hydrogen) atoms. The molecule has 2 N–H and O–H groups in total. The molecule has 5 rings (SSSR count). The Labute approximate surface area is 204 Å². The predicted molar refractivity (Wildman–Crippen MR) is 131 cm³/mol. The Balaban J connectivity index is 1.84. The van der Waals surface area contributed by atoms with Crippen LogP contribution in [0.5, 0.6) is 0 Å². The molecule has 0 aliphatic heterocycles. The van der Waals surface area contributed by atoms with Gasteiger partial charge in [0, 0.05) is 21.7 Å². The lowest BCUT2D eigenvalue weighted by Crippen LogP contribution is -2.20. The van der Waals surface area contributed by atoms with Gasteiger partial charge in [-0.3, -0.25) is 0 Å². The maximum Gasteiger partial charge on any atom is 0.226 e. The maximum absolute atomic E-state index is 13.6. The van der Waals surface area contributed by atoms with Gasteiger partial charge in [-0.05, 0) is 67.3 Å². The van der Waals surface area contributed by atoms with Crippen molar-refractivity contribution >= 4 is 54.5 Å². The lowest BCUT2D eigenvalue weighted by molar-refractivity contribution is 0.177. The molecule has 4 aromatic rings. The highest BCUT2D eigenvalue weighted by Gasteiger charge is 2.33. The van der Waals surface area contributed by atoms with Gasteiger partial charge in [-0.1, -0.05) is 18.2 Å². The van der Waals surface area contributed by atoms with E-state index < -0.39 is 15.9 Å². The van der Waals surface area contributed by atoms with Crippen LogP contribution in [0.15, 0.2) is 46.5 Å². The topological polar surface area (TPSA) is 125 Å². The zero-order valence-corrected chi connectivity index (χ0v) is 20.8. The number of H-pyrrole nitrogens is 1. The molecule has 3 heterocycles. The molecular formula is C23H22IN5O3S. The minimum absolute atomic E-state index is 0.00720. The number of sulfone groups is 1. The van der Waals surface area contributed by atoms with Crippen LogP contribution in [0.1, 0.15) is 50.6 Å². The molecule has 1 aliphatic carbocycles. The van der Waals surface area contributed by atoms with E-state index in [1.54, 1.807) is 43.5 Å². The van der Waals surface area contributed by atoms with Crippen LogP contribution in [0.25, 0.3) is 22.1 Å². The molecule has 1 aliphatic rings. The maximum atomic E-state index is 13.6. The van der Waals surface area contributed by atoms with E-state index in [9.17, 15) is 18.8 Å². The summed E-state index contributed by atoms with van der Waals surface area (Å²) in [4.78, 5) is 12.4. The van der Waals surface area contributed by atoms with Crippen LogP contribution in [0.2, 0.25) is 0 Å². The molecule has 1 aromatic carbocycles. The van der Waals surface area contributed by atoms with Gasteiger partial charge in [0.05, 0.1) is 21.9 Å². The van der Waals surface area contributed by atoms with Crippen LogP contribution in [-0.2, 0) is 9.84 Å².